The number of aliphatic hydroxyl groups excluding tert-OH is 1. The van der Waals surface area contributed by atoms with Crippen molar-refractivity contribution in [2.24, 2.45) is 5.92 Å². The number of amides is 1. The number of carbonyl (C=O) groups is 1. The quantitative estimate of drug-likeness (QED) is 0.862. The number of hydrogen-bond acceptors (Lipinski definition) is 2. The van der Waals surface area contributed by atoms with E-state index >= 15 is 0 Å². The molecule has 1 N–H and O–H groups in total. The highest BCUT2D eigenvalue weighted by Gasteiger charge is 2.61. The van der Waals surface area contributed by atoms with Crippen molar-refractivity contribution in [3.05, 3.63) is 35.9 Å². The Labute approximate surface area is 108 Å². The third-order valence-corrected chi connectivity index (χ3v) is 4.05. The third kappa shape index (κ3) is 1.93. The average Bonchev–Trinajstić information content (AvgIpc) is 3.17. The molecule has 1 unspecified atom stereocenters. The molecule has 0 bridgehead atoms. The SMILES string of the molecule is CCN(CC)C(=O)C1(c2ccccc2)C[C@H]1CO. The summed E-state index contributed by atoms with van der Waals surface area (Å²) in [5.74, 6) is 0.241. The van der Waals surface area contributed by atoms with Gasteiger partial charge in [-0.1, -0.05) is 30.3 Å². The van der Waals surface area contributed by atoms with Crippen molar-refractivity contribution in [2.45, 2.75) is 25.7 Å². The van der Waals surface area contributed by atoms with Gasteiger partial charge in [0.25, 0.3) is 0 Å². The lowest BCUT2D eigenvalue weighted by molar-refractivity contribution is -0.134. The first kappa shape index (κ1) is 13.1. The first-order valence-electron chi connectivity index (χ1n) is 6.66. The molecule has 1 amide bonds. The van der Waals surface area contributed by atoms with Gasteiger partial charge in [0.05, 0.1) is 5.41 Å². The van der Waals surface area contributed by atoms with Gasteiger partial charge in [-0.3, -0.25) is 4.79 Å². The Bertz CT molecular complexity index is 414. The molecule has 2 atom stereocenters. The van der Waals surface area contributed by atoms with E-state index in [2.05, 4.69) is 0 Å². The summed E-state index contributed by atoms with van der Waals surface area (Å²) in [6, 6.07) is 9.86. The molecule has 1 saturated carbocycles. The zero-order valence-corrected chi connectivity index (χ0v) is 11.1. The zero-order chi connectivity index (χ0) is 13.2. The van der Waals surface area contributed by atoms with Crippen LogP contribution in [0.2, 0.25) is 0 Å². The highest BCUT2D eigenvalue weighted by molar-refractivity contribution is 5.92. The fourth-order valence-corrected chi connectivity index (χ4v) is 2.82. The first-order chi connectivity index (χ1) is 8.70. The molecule has 2 rings (SSSR count). The standard InChI is InChI=1S/C15H21NO2/c1-3-16(4-2)14(18)15(10-13(15)11-17)12-8-6-5-7-9-12/h5-9,13,17H,3-4,10-11H2,1-2H3/t13-,15?/m0/s1. The van der Waals surface area contributed by atoms with Crippen LogP contribution in [-0.2, 0) is 10.2 Å². The maximum Gasteiger partial charge on any atom is 0.233 e. The van der Waals surface area contributed by atoms with Crippen LogP contribution in [0, 0.1) is 5.92 Å². The number of carbonyl (C=O) groups excluding carboxylic acids is 1. The van der Waals surface area contributed by atoms with Crippen molar-refractivity contribution in [3.63, 3.8) is 0 Å². The van der Waals surface area contributed by atoms with Gasteiger partial charge in [-0.15, -0.1) is 0 Å². The summed E-state index contributed by atoms with van der Waals surface area (Å²) in [6.07, 6.45) is 0.767. The minimum Gasteiger partial charge on any atom is -0.396 e. The molecule has 1 aliphatic rings. The number of rotatable bonds is 5. The van der Waals surface area contributed by atoms with Gasteiger partial charge in [0.1, 0.15) is 0 Å². The van der Waals surface area contributed by atoms with Gasteiger partial charge in [-0.2, -0.15) is 0 Å². The van der Waals surface area contributed by atoms with Gasteiger partial charge in [0, 0.05) is 25.6 Å². The lowest BCUT2D eigenvalue weighted by Crippen LogP contribution is -2.40. The number of nitrogens with zero attached hydrogens (tertiary/aromatic N) is 1. The molecule has 0 radical (unpaired) electrons. The van der Waals surface area contributed by atoms with Crippen LogP contribution < -0.4 is 0 Å². The molecule has 1 fully saturated rings. The van der Waals surface area contributed by atoms with E-state index in [0.29, 0.717) is 0 Å². The summed E-state index contributed by atoms with van der Waals surface area (Å²) in [5, 5.41) is 9.41. The molecular weight excluding hydrogens is 226 g/mol. The van der Waals surface area contributed by atoms with Crippen molar-refractivity contribution in [1.82, 2.24) is 4.90 Å². The molecule has 0 saturated heterocycles. The summed E-state index contributed by atoms with van der Waals surface area (Å²) in [7, 11) is 0. The highest BCUT2D eigenvalue weighted by atomic mass is 16.3. The second kappa shape index (κ2) is 5.11. The van der Waals surface area contributed by atoms with Crippen LogP contribution in [-0.4, -0.2) is 35.6 Å². The Hall–Kier alpha value is -1.35. The van der Waals surface area contributed by atoms with Crippen LogP contribution in [0.3, 0.4) is 0 Å². The van der Waals surface area contributed by atoms with E-state index in [9.17, 15) is 9.90 Å². The Morgan fingerprint density at radius 2 is 1.94 bits per heavy atom. The maximum atomic E-state index is 12.7. The van der Waals surface area contributed by atoms with E-state index < -0.39 is 5.41 Å². The molecule has 0 heterocycles. The largest absolute Gasteiger partial charge is 0.396 e. The van der Waals surface area contributed by atoms with Crippen molar-refractivity contribution in [3.8, 4) is 0 Å². The molecule has 98 valence electrons. The lowest BCUT2D eigenvalue weighted by Gasteiger charge is -2.26. The van der Waals surface area contributed by atoms with E-state index in [1.165, 1.54) is 0 Å². The van der Waals surface area contributed by atoms with E-state index in [-0.39, 0.29) is 18.4 Å². The summed E-state index contributed by atoms with van der Waals surface area (Å²) in [6.45, 7) is 5.53. The Morgan fingerprint density at radius 3 is 2.39 bits per heavy atom. The molecular formula is C15H21NO2. The number of hydrogen-bond donors (Lipinski definition) is 1. The molecule has 0 aliphatic heterocycles. The molecule has 0 aromatic heterocycles. The number of likely N-dealkylation sites (N-methyl/N-ethyl adjacent to an activating group) is 1. The summed E-state index contributed by atoms with van der Waals surface area (Å²) < 4.78 is 0. The monoisotopic (exact) mass is 247 g/mol. The van der Waals surface area contributed by atoms with Crippen molar-refractivity contribution in [1.29, 1.82) is 0 Å². The third-order valence-electron chi connectivity index (χ3n) is 4.05. The predicted octanol–water partition coefficient (Wildman–Crippen LogP) is 1.81. The summed E-state index contributed by atoms with van der Waals surface area (Å²) in [4.78, 5) is 14.5. The van der Waals surface area contributed by atoms with E-state index in [1.807, 2.05) is 49.1 Å². The Balaban J connectivity index is 2.32. The summed E-state index contributed by atoms with van der Waals surface area (Å²) in [5.41, 5.74) is 0.572. The fraction of sp³-hybridized carbons (Fsp3) is 0.533. The van der Waals surface area contributed by atoms with Gasteiger partial charge < -0.3 is 10.0 Å². The van der Waals surface area contributed by atoms with Gasteiger partial charge in [0.2, 0.25) is 5.91 Å². The predicted molar refractivity (Wildman–Crippen MR) is 71.2 cm³/mol. The number of aliphatic hydroxyl groups is 1. The molecule has 3 nitrogen and oxygen atoms in total. The molecule has 0 spiro atoms. The Morgan fingerprint density at radius 1 is 1.33 bits per heavy atom. The van der Waals surface area contributed by atoms with Gasteiger partial charge >= 0.3 is 0 Å². The Kier molecular flexibility index (Phi) is 3.71. The molecule has 1 aliphatic carbocycles. The number of benzene rings is 1. The second-order valence-electron chi connectivity index (χ2n) is 4.90. The van der Waals surface area contributed by atoms with Crippen LogP contribution in [0.1, 0.15) is 25.8 Å². The topological polar surface area (TPSA) is 40.5 Å². The summed E-state index contributed by atoms with van der Waals surface area (Å²) >= 11 is 0. The minimum atomic E-state index is -0.470. The van der Waals surface area contributed by atoms with Crippen LogP contribution in [0.5, 0.6) is 0 Å². The lowest BCUT2D eigenvalue weighted by atomic mass is 9.91. The molecule has 1 aromatic carbocycles. The first-order valence-corrected chi connectivity index (χ1v) is 6.66. The maximum absolute atomic E-state index is 12.7. The van der Waals surface area contributed by atoms with Crippen LogP contribution in [0.15, 0.2) is 30.3 Å². The average molecular weight is 247 g/mol. The fourth-order valence-electron chi connectivity index (χ4n) is 2.82. The van der Waals surface area contributed by atoms with E-state index in [1.54, 1.807) is 0 Å². The minimum absolute atomic E-state index is 0.0769. The van der Waals surface area contributed by atoms with Crippen molar-refractivity contribution < 1.29 is 9.90 Å². The molecule has 3 heteroatoms. The van der Waals surface area contributed by atoms with Crippen molar-refractivity contribution in [2.75, 3.05) is 19.7 Å². The zero-order valence-electron chi connectivity index (χ0n) is 11.1. The smallest absolute Gasteiger partial charge is 0.233 e. The van der Waals surface area contributed by atoms with Crippen LogP contribution >= 0.6 is 0 Å². The molecule has 18 heavy (non-hydrogen) atoms. The highest BCUT2D eigenvalue weighted by Crippen LogP contribution is 2.55. The van der Waals surface area contributed by atoms with Crippen molar-refractivity contribution >= 4 is 5.91 Å². The normalized spacial score (nSPS) is 25.8. The van der Waals surface area contributed by atoms with Gasteiger partial charge in [-0.05, 0) is 25.8 Å². The molecule has 1 aromatic rings. The van der Waals surface area contributed by atoms with Gasteiger partial charge in [0.15, 0.2) is 0 Å². The van der Waals surface area contributed by atoms with Crippen LogP contribution in [0.25, 0.3) is 0 Å². The van der Waals surface area contributed by atoms with E-state index in [0.717, 1.165) is 25.1 Å². The van der Waals surface area contributed by atoms with E-state index in [4.69, 9.17) is 0 Å². The van der Waals surface area contributed by atoms with Gasteiger partial charge in [-0.25, -0.2) is 0 Å². The van der Waals surface area contributed by atoms with Crippen LogP contribution in [0.4, 0.5) is 0 Å². The second-order valence-corrected chi connectivity index (χ2v) is 4.90.